The fraction of sp³-hybridized carbons (Fsp3) is 0.471. The molecule has 1 atom stereocenters. The van der Waals surface area contributed by atoms with Crippen LogP contribution in [0, 0.1) is 5.92 Å². The molecule has 6 nitrogen and oxygen atoms in total. The second-order valence-electron chi connectivity index (χ2n) is 6.43. The minimum atomic E-state index is -0.451. The molecular formula is C17H20N4O2S. The first-order valence-electron chi connectivity index (χ1n) is 8.33. The Kier molecular flexibility index (Phi) is 4.10. The molecular weight excluding hydrogens is 324 g/mol. The van der Waals surface area contributed by atoms with E-state index in [1.54, 1.807) is 22.2 Å². The molecule has 4 rings (SSSR count). The second-order valence-corrected chi connectivity index (χ2v) is 7.46. The lowest BCUT2D eigenvalue weighted by atomic mass is 9.84. The van der Waals surface area contributed by atoms with Crippen LogP contribution in [0.1, 0.15) is 35.9 Å². The van der Waals surface area contributed by atoms with Crippen molar-refractivity contribution < 1.29 is 9.59 Å². The largest absolute Gasteiger partial charge is 0.349 e. The number of hydrogen-bond acceptors (Lipinski definition) is 4. The van der Waals surface area contributed by atoms with Gasteiger partial charge in [-0.3, -0.25) is 14.3 Å². The molecule has 1 aliphatic carbocycles. The minimum Gasteiger partial charge on any atom is -0.349 e. The van der Waals surface area contributed by atoms with E-state index in [0.717, 1.165) is 29.8 Å². The van der Waals surface area contributed by atoms with Gasteiger partial charge in [-0.2, -0.15) is 5.10 Å². The number of nitrogens with zero attached hydrogens (tertiary/aromatic N) is 3. The van der Waals surface area contributed by atoms with E-state index >= 15 is 0 Å². The summed E-state index contributed by atoms with van der Waals surface area (Å²) in [4.78, 5) is 28.2. The van der Waals surface area contributed by atoms with Gasteiger partial charge in [-0.05, 0) is 30.4 Å². The molecule has 3 heterocycles. The van der Waals surface area contributed by atoms with Gasteiger partial charge in [0.15, 0.2) is 0 Å². The molecule has 1 fully saturated rings. The van der Waals surface area contributed by atoms with Crippen molar-refractivity contribution in [2.24, 2.45) is 5.92 Å². The fourth-order valence-electron chi connectivity index (χ4n) is 3.27. The Balaban J connectivity index is 1.48. The number of thiophene rings is 1. The van der Waals surface area contributed by atoms with E-state index in [0.29, 0.717) is 19.6 Å². The van der Waals surface area contributed by atoms with Crippen LogP contribution in [0.3, 0.4) is 0 Å². The Morgan fingerprint density at radius 2 is 2.21 bits per heavy atom. The van der Waals surface area contributed by atoms with Crippen molar-refractivity contribution in [3.8, 4) is 0 Å². The van der Waals surface area contributed by atoms with Crippen LogP contribution in [0.2, 0.25) is 0 Å². The Bertz CT molecular complexity index is 736. The highest BCUT2D eigenvalue weighted by Crippen LogP contribution is 2.31. The van der Waals surface area contributed by atoms with Crippen molar-refractivity contribution in [2.45, 2.75) is 38.4 Å². The molecule has 1 saturated carbocycles. The van der Waals surface area contributed by atoms with Crippen LogP contribution in [-0.2, 0) is 22.7 Å². The Labute approximate surface area is 144 Å². The van der Waals surface area contributed by atoms with Gasteiger partial charge in [0.25, 0.3) is 0 Å². The smallest absolute Gasteiger partial charge is 0.247 e. The number of carbonyl (C=O) groups excluding carboxylic acids is 2. The molecule has 2 aliphatic rings. The normalized spacial score (nSPS) is 20.3. The van der Waals surface area contributed by atoms with E-state index < -0.39 is 6.04 Å². The van der Waals surface area contributed by atoms with Crippen molar-refractivity contribution in [3.05, 3.63) is 40.3 Å². The summed E-state index contributed by atoms with van der Waals surface area (Å²) < 4.78 is 1.76. The molecule has 0 bridgehead atoms. The lowest BCUT2D eigenvalue weighted by Gasteiger charge is -2.37. The molecule has 0 saturated heterocycles. The summed E-state index contributed by atoms with van der Waals surface area (Å²) in [6.45, 7) is 1.46. The van der Waals surface area contributed by atoms with Gasteiger partial charge < -0.3 is 10.2 Å². The van der Waals surface area contributed by atoms with Crippen LogP contribution >= 0.6 is 11.3 Å². The Morgan fingerprint density at radius 3 is 2.92 bits per heavy atom. The van der Waals surface area contributed by atoms with E-state index in [1.807, 2.05) is 28.5 Å². The third-order valence-corrected chi connectivity index (χ3v) is 5.76. The highest BCUT2D eigenvalue weighted by atomic mass is 32.1. The monoisotopic (exact) mass is 344 g/mol. The van der Waals surface area contributed by atoms with Crippen molar-refractivity contribution >= 4 is 23.2 Å². The van der Waals surface area contributed by atoms with E-state index in [9.17, 15) is 9.59 Å². The highest BCUT2D eigenvalue weighted by Gasteiger charge is 2.36. The van der Waals surface area contributed by atoms with Crippen LogP contribution in [0.5, 0.6) is 0 Å². The number of nitrogens with one attached hydrogen (secondary N) is 1. The molecule has 0 aromatic carbocycles. The molecule has 7 heteroatoms. The van der Waals surface area contributed by atoms with Gasteiger partial charge in [0.1, 0.15) is 6.04 Å². The first-order valence-corrected chi connectivity index (χ1v) is 9.21. The quantitative estimate of drug-likeness (QED) is 0.922. The molecule has 1 N–H and O–H groups in total. The van der Waals surface area contributed by atoms with Crippen LogP contribution in [0.4, 0.5) is 0 Å². The summed E-state index contributed by atoms with van der Waals surface area (Å²) in [5.74, 6) is 0.249. The predicted octanol–water partition coefficient (Wildman–Crippen LogP) is 1.94. The third-order valence-electron chi connectivity index (χ3n) is 4.88. The SMILES string of the molecule is O=C(NCc1cccs1)C1CN(C(=O)C2CCC2)Cc2ccnn21. The van der Waals surface area contributed by atoms with Gasteiger partial charge in [0, 0.05) is 17.0 Å². The minimum absolute atomic E-state index is 0.0838. The molecule has 2 aromatic heterocycles. The summed E-state index contributed by atoms with van der Waals surface area (Å²) in [7, 11) is 0. The summed E-state index contributed by atoms with van der Waals surface area (Å²) in [6, 6.07) is 5.40. The summed E-state index contributed by atoms with van der Waals surface area (Å²) >= 11 is 1.62. The first kappa shape index (κ1) is 15.4. The van der Waals surface area contributed by atoms with Crippen molar-refractivity contribution in [3.63, 3.8) is 0 Å². The molecule has 0 spiro atoms. The van der Waals surface area contributed by atoms with Gasteiger partial charge in [0.05, 0.1) is 25.3 Å². The molecule has 24 heavy (non-hydrogen) atoms. The molecule has 2 amide bonds. The van der Waals surface area contributed by atoms with E-state index in [-0.39, 0.29) is 17.7 Å². The van der Waals surface area contributed by atoms with Crippen molar-refractivity contribution in [1.82, 2.24) is 20.0 Å². The first-order chi connectivity index (χ1) is 11.7. The molecule has 126 valence electrons. The number of fused-ring (bicyclic) bond motifs is 1. The predicted molar refractivity (Wildman–Crippen MR) is 90.2 cm³/mol. The zero-order valence-corrected chi connectivity index (χ0v) is 14.2. The Morgan fingerprint density at radius 1 is 1.33 bits per heavy atom. The fourth-order valence-corrected chi connectivity index (χ4v) is 3.92. The lowest BCUT2D eigenvalue weighted by Crippen LogP contribution is -2.49. The second kappa shape index (κ2) is 6.39. The van der Waals surface area contributed by atoms with Crippen molar-refractivity contribution in [1.29, 1.82) is 0 Å². The van der Waals surface area contributed by atoms with E-state index in [1.165, 1.54) is 0 Å². The molecule has 1 unspecified atom stereocenters. The zero-order valence-electron chi connectivity index (χ0n) is 13.4. The molecule has 2 aromatic rings. The van der Waals surface area contributed by atoms with Gasteiger partial charge in [-0.15, -0.1) is 11.3 Å². The van der Waals surface area contributed by atoms with Gasteiger partial charge >= 0.3 is 0 Å². The average molecular weight is 344 g/mol. The average Bonchev–Trinajstić information content (AvgIpc) is 3.20. The summed E-state index contributed by atoms with van der Waals surface area (Å²) in [5, 5.41) is 9.27. The van der Waals surface area contributed by atoms with Crippen LogP contribution in [-0.4, -0.2) is 33.0 Å². The zero-order chi connectivity index (χ0) is 16.5. The van der Waals surface area contributed by atoms with Gasteiger partial charge in [-0.25, -0.2) is 0 Å². The number of hydrogen-bond donors (Lipinski definition) is 1. The number of rotatable bonds is 4. The van der Waals surface area contributed by atoms with Crippen molar-refractivity contribution in [2.75, 3.05) is 6.54 Å². The number of carbonyl (C=O) groups is 2. The maximum atomic E-state index is 12.7. The number of aromatic nitrogens is 2. The molecule has 0 radical (unpaired) electrons. The lowest BCUT2D eigenvalue weighted by molar-refractivity contribution is -0.141. The van der Waals surface area contributed by atoms with Crippen LogP contribution in [0.25, 0.3) is 0 Å². The Hall–Kier alpha value is -2.15. The molecule has 1 aliphatic heterocycles. The summed E-state index contributed by atoms with van der Waals surface area (Å²) in [6.07, 6.45) is 4.78. The highest BCUT2D eigenvalue weighted by molar-refractivity contribution is 7.09. The number of amides is 2. The standard InChI is InChI=1S/C17H20N4O2S/c22-16(18-9-14-5-2-8-24-14)15-11-20(17(23)12-3-1-4-12)10-13-6-7-19-21(13)15/h2,5-8,12,15H,1,3-4,9-11H2,(H,18,22). The third kappa shape index (κ3) is 2.84. The van der Waals surface area contributed by atoms with Crippen LogP contribution < -0.4 is 5.32 Å². The van der Waals surface area contributed by atoms with Gasteiger partial charge in [-0.1, -0.05) is 12.5 Å². The maximum Gasteiger partial charge on any atom is 0.247 e. The van der Waals surface area contributed by atoms with Crippen LogP contribution in [0.15, 0.2) is 29.8 Å². The van der Waals surface area contributed by atoms with Gasteiger partial charge in [0.2, 0.25) is 11.8 Å². The van der Waals surface area contributed by atoms with E-state index in [2.05, 4.69) is 10.4 Å². The maximum absolute atomic E-state index is 12.7. The topological polar surface area (TPSA) is 67.2 Å². The summed E-state index contributed by atoms with van der Waals surface area (Å²) in [5.41, 5.74) is 0.921. The van der Waals surface area contributed by atoms with E-state index in [4.69, 9.17) is 0 Å².